The molecule has 2 aliphatic rings. The summed E-state index contributed by atoms with van der Waals surface area (Å²) < 4.78 is 0. The van der Waals surface area contributed by atoms with Crippen LogP contribution in [-0.4, -0.2) is 66.2 Å². The Bertz CT molecular complexity index is 394. The molecule has 6 nitrogen and oxygen atoms in total. The summed E-state index contributed by atoms with van der Waals surface area (Å²) in [6.45, 7) is 4.88. The summed E-state index contributed by atoms with van der Waals surface area (Å²) in [5, 5.41) is 12.5. The first-order valence-corrected chi connectivity index (χ1v) is 7.94. The van der Waals surface area contributed by atoms with Gasteiger partial charge in [-0.15, -0.1) is 0 Å². The molecule has 0 bridgehead atoms. The zero-order valence-electron chi connectivity index (χ0n) is 13.1. The number of carbonyl (C=O) groups excluding carboxylic acids is 1. The third-order valence-electron chi connectivity index (χ3n) is 4.87. The lowest BCUT2D eigenvalue weighted by Gasteiger charge is -2.31. The number of carboxylic acid groups (broad SMARTS) is 1. The average molecular weight is 297 g/mol. The van der Waals surface area contributed by atoms with Gasteiger partial charge in [0.1, 0.15) is 0 Å². The van der Waals surface area contributed by atoms with Crippen molar-refractivity contribution in [2.45, 2.75) is 45.1 Å². The molecule has 2 fully saturated rings. The molecular weight excluding hydrogens is 270 g/mol. The molecule has 120 valence electrons. The van der Waals surface area contributed by atoms with Crippen molar-refractivity contribution in [3.63, 3.8) is 0 Å². The van der Waals surface area contributed by atoms with Crippen LogP contribution < -0.4 is 5.32 Å². The van der Waals surface area contributed by atoms with E-state index in [0.717, 1.165) is 32.4 Å². The lowest BCUT2D eigenvalue weighted by Crippen LogP contribution is -2.48. The third kappa shape index (κ3) is 3.67. The summed E-state index contributed by atoms with van der Waals surface area (Å²) in [7, 11) is 2.09. The fourth-order valence-electron chi connectivity index (χ4n) is 3.43. The highest BCUT2D eigenvalue weighted by Gasteiger charge is 2.45. The number of hydrogen-bond donors (Lipinski definition) is 2. The molecule has 1 atom stereocenters. The molecule has 0 radical (unpaired) electrons. The van der Waals surface area contributed by atoms with E-state index in [1.165, 1.54) is 0 Å². The molecule has 2 N–H and O–H groups in total. The summed E-state index contributed by atoms with van der Waals surface area (Å²) in [5.74, 6) is -0.765. The van der Waals surface area contributed by atoms with Gasteiger partial charge < -0.3 is 20.2 Å². The SMILES string of the molecule is CCCC1(C(=O)O)CCN(C(=O)NC2CCN(C)CC2)C1. The van der Waals surface area contributed by atoms with Crippen LogP contribution >= 0.6 is 0 Å². The van der Waals surface area contributed by atoms with Crippen LogP contribution in [0.3, 0.4) is 0 Å². The summed E-state index contributed by atoms with van der Waals surface area (Å²) in [5.41, 5.74) is -0.737. The highest BCUT2D eigenvalue weighted by Crippen LogP contribution is 2.35. The van der Waals surface area contributed by atoms with E-state index in [4.69, 9.17) is 0 Å². The normalized spacial score (nSPS) is 27.8. The first kappa shape index (κ1) is 16.1. The molecule has 2 aliphatic heterocycles. The average Bonchev–Trinajstić information content (AvgIpc) is 2.88. The number of likely N-dealkylation sites (tertiary alicyclic amines) is 2. The van der Waals surface area contributed by atoms with Crippen LogP contribution in [-0.2, 0) is 4.79 Å². The van der Waals surface area contributed by atoms with Crippen LogP contribution in [0.4, 0.5) is 4.79 Å². The van der Waals surface area contributed by atoms with E-state index in [0.29, 0.717) is 25.9 Å². The van der Waals surface area contributed by atoms with Crippen molar-refractivity contribution >= 4 is 12.0 Å². The first-order chi connectivity index (χ1) is 9.97. The van der Waals surface area contributed by atoms with Gasteiger partial charge in [-0.3, -0.25) is 4.79 Å². The van der Waals surface area contributed by atoms with E-state index in [1.54, 1.807) is 4.90 Å². The van der Waals surface area contributed by atoms with E-state index in [9.17, 15) is 14.7 Å². The maximum atomic E-state index is 12.3. The molecule has 0 aromatic carbocycles. The van der Waals surface area contributed by atoms with E-state index in [-0.39, 0.29) is 12.1 Å². The molecule has 1 unspecified atom stereocenters. The predicted octanol–water partition coefficient (Wildman–Crippen LogP) is 1.37. The van der Waals surface area contributed by atoms with Gasteiger partial charge >= 0.3 is 12.0 Å². The fourth-order valence-corrected chi connectivity index (χ4v) is 3.43. The van der Waals surface area contributed by atoms with E-state index >= 15 is 0 Å². The summed E-state index contributed by atoms with van der Waals surface area (Å²) in [4.78, 5) is 27.8. The molecule has 2 heterocycles. The molecule has 0 saturated carbocycles. The zero-order chi connectivity index (χ0) is 15.5. The smallest absolute Gasteiger partial charge is 0.317 e. The molecule has 2 rings (SSSR count). The lowest BCUT2D eigenvalue weighted by molar-refractivity contribution is -0.148. The first-order valence-electron chi connectivity index (χ1n) is 7.94. The van der Waals surface area contributed by atoms with E-state index in [2.05, 4.69) is 17.3 Å². The molecule has 2 saturated heterocycles. The number of rotatable bonds is 4. The number of amides is 2. The third-order valence-corrected chi connectivity index (χ3v) is 4.87. The minimum atomic E-state index is -0.765. The predicted molar refractivity (Wildman–Crippen MR) is 80.2 cm³/mol. The van der Waals surface area contributed by atoms with Gasteiger partial charge in [0.05, 0.1) is 5.41 Å². The number of carboxylic acids is 1. The van der Waals surface area contributed by atoms with Gasteiger partial charge in [-0.1, -0.05) is 13.3 Å². The Morgan fingerprint density at radius 3 is 2.52 bits per heavy atom. The maximum Gasteiger partial charge on any atom is 0.317 e. The van der Waals surface area contributed by atoms with Crippen LogP contribution in [0.25, 0.3) is 0 Å². The second-order valence-corrected chi connectivity index (χ2v) is 6.53. The van der Waals surface area contributed by atoms with Crippen molar-refractivity contribution in [1.29, 1.82) is 0 Å². The second-order valence-electron chi connectivity index (χ2n) is 6.53. The molecular formula is C15H27N3O3. The fraction of sp³-hybridized carbons (Fsp3) is 0.867. The minimum absolute atomic E-state index is 0.0937. The Hall–Kier alpha value is -1.30. The van der Waals surface area contributed by atoms with Gasteiger partial charge in [0.25, 0.3) is 0 Å². The summed E-state index contributed by atoms with van der Waals surface area (Å²) >= 11 is 0. The molecule has 0 aliphatic carbocycles. The van der Waals surface area contributed by atoms with Crippen molar-refractivity contribution in [3.05, 3.63) is 0 Å². The van der Waals surface area contributed by atoms with Gasteiger partial charge in [0.2, 0.25) is 0 Å². The monoisotopic (exact) mass is 297 g/mol. The Labute approximate surface area is 126 Å². The maximum absolute atomic E-state index is 12.3. The van der Waals surface area contributed by atoms with Crippen molar-refractivity contribution in [3.8, 4) is 0 Å². The number of hydrogen-bond acceptors (Lipinski definition) is 3. The van der Waals surface area contributed by atoms with Gasteiger partial charge in [0.15, 0.2) is 0 Å². The number of aliphatic carboxylic acids is 1. The second kappa shape index (κ2) is 6.64. The molecule has 2 amide bonds. The summed E-state index contributed by atoms with van der Waals surface area (Å²) in [6.07, 6.45) is 3.97. The van der Waals surface area contributed by atoms with E-state index < -0.39 is 11.4 Å². The van der Waals surface area contributed by atoms with E-state index in [1.807, 2.05) is 6.92 Å². The summed E-state index contributed by atoms with van der Waals surface area (Å²) in [6, 6.07) is 0.128. The number of piperidine rings is 1. The van der Waals surface area contributed by atoms with Crippen LogP contribution in [0.15, 0.2) is 0 Å². The zero-order valence-corrected chi connectivity index (χ0v) is 13.1. The highest BCUT2D eigenvalue weighted by atomic mass is 16.4. The molecule has 0 spiro atoms. The van der Waals surface area contributed by atoms with Crippen molar-refractivity contribution < 1.29 is 14.7 Å². The Morgan fingerprint density at radius 1 is 1.29 bits per heavy atom. The van der Waals surface area contributed by atoms with Gasteiger partial charge in [-0.05, 0) is 45.8 Å². The van der Waals surface area contributed by atoms with Crippen molar-refractivity contribution in [1.82, 2.24) is 15.1 Å². The van der Waals surface area contributed by atoms with Crippen molar-refractivity contribution in [2.24, 2.45) is 5.41 Å². The number of carbonyl (C=O) groups is 2. The Morgan fingerprint density at radius 2 is 1.95 bits per heavy atom. The molecule has 6 heteroatoms. The quantitative estimate of drug-likeness (QED) is 0.822. The largest absolute Gasteiger partial charge is 0.481 e. The highest BCUT2D eigenvalue weighted by molar-refractivity contribution is 5.79. The number of nitrogens with one attached hydrogen (secondary N) is 1. The molecule has 0 aromatic heterocycles. The standard InChI is InChI=1S/C15H27N3O3/c1-3-6-15(13(19)20)7-10-18(11-15)14(21)16-12-4-8-17(2)9-5-12/h12H,3-11H2,1-2H3,(H,16,21)(H,19,20). The van der Waals surface area contributed by atoms with Gasteiger partial charge in [-0.25, -0.2) is 4.79 Å². The van der Waals surface area contributed by atoms with Gasteiger partial charge in [0, 0.05) is 19.1 Å². The molecule has 21 heavy (non-hydrogen) atoms. The van der Waals surface area contributed by atoms with Crippen LogP contribution in [0.5, 0.6) is 0 Å². The topological polar surface area (TPSA) is 72.9 Å². The number of nitrogens with zero attached hydrogens (tertiary/aromatic N) is 2. The van der Waals surface area contributed by atoms with Crippen LogP contribution in [0.1, 0.15) is 39.0 Å². The van der Waals surface area contributed by atoms with Crippen LogP contribution in [0.2, 0.25) is 0 Å². The Balaban J connectivity index is 1.88. The minimum Gasteiger partial charge on any atom is -0.481 e. The lowest BCUT2D eigenvalue weighted by atomic mass is 9.83. The molecule has 0 aromatic rings. The van der Waals surface area contributed by atoms with Crippen molar-refractivity contribution in [2.75, 3.05) is 33.2 Å². The van der Waals surface area contributed by atoms with Crippen LogP contribution in [0, 0.1) is 5.41 Å². The number of urea groups is 1. The van der Waals surface area contributed by atoms with Gasteiger partial charge in [-0.2, -0.15) is 0 Å². The Kier molecular flexibility index (Phi) is 5.08.